The maximum Gasteiger partial charge on any atom is 0.326 e. The van der Waals surface area contributed by atoms with Gasteiger partial charge in [-0.05, 0) is 84.7 Å². The molecule has 1 fully saturated rings. The molecule has 206 valence electrons. The molecule has 0 saturated carbocycles. The Labute approximate surface area is 235 Å². The molecule has 1 aliphatic rings. The molecule has 2 unspecified atom stereocenters. The van der Waals surface area contributed by atoms with Crippen molar-refractivity contribution in [3.05, 3.63) is 95.1 Å². The van der Waals surface area contributed by atoms with Crippen molar-refractivity contribution >= 4 is 23.6 Å². The molecule has 2 atom stereocenters. The van der Waals surface area contributed by atoms with Gasteiger partial charge >= 0.3 is 5.97 Å². The molecule has 6 nitrogen and oxygen atoms in total. The zero-order valence-electron chi connectivity index (χ0n) is 22.8. The van der Waals surface area contributed by atoms with Crippen molar-refractivity contribution in [3.63, 3.8) is 0 Å². The van der Waals surface area contributed by atoms with Gasteiger partial charge in [-0.15, -0.1) is 0 Å². The van der Waals surface area contributed by atoms with Crippen molar-refractivity contribution in [1.82, 2.24) is 10.2 Å². The number of nitrogens with one attached hydrogen (secondary N) is 1. The molecule has 3 aromatic carbocycles. The first-order chi connectivity index (χ1) is 19.0. The summed E-state index contributed by atoms with van der Waals surface area (Å²) in [7, 11) is 0. The maximum absolute atomic E-state index is 13.4. The van der Waals surface area contributed by atoms with Gasteiger partial charge in [-0.1, -0.05) is 60.7 Å². The van der Waals surface area contributed by atoms with E-state index in [4.69, 9.17) is 4.74 Å². The van der Waals surface area contributed by atoms with Crippen molar-refractivity contribution in [1.29, 1.82) is 0 Å². The van der Waals surface area contributed by atoms with Gasteiger partial charge in [-0.3, -0.25) is 9.69 Å². The Morgan fingerprint density at radius 2 is 1.82 bits per heavy atom. The van der Waals surface area contributed by atoms with Gasteiger partial charge in [0.15, 0.2) is 0 Å². The fourth-order valence-corrected chi connectivity index (χ4v) is 5.60. The lowest BCUT2D eigenvalue weighted by Crippen LogP contribution is -2.41. The molecule has 0 aliphatic carbocycles. The molecule has 7 heteroatoms. The fourth-order valence-electron chi connectivity index (χ4n) is 5.13. The number of thioether (sulfide) groups is 1. The normalized spacial score (nSPS) is 16.2. The average Bonchev–Trinajstić information content (AvgIpc) is 3.38. The monoisotopic (exact) mass is 546 g/mol. The minimum absolute atomic E-state index is 0.353. The first-order valence-corrected chi connectivity index (χ1v) is 14.9. The molecule has 4 rings (SSSR count). The van der Waals surface area contributed by atoms with Crippen LogP contribution in [-0.2, 0) is 22.7 Å². The second kappa shape index (κ2) is 14.3. The predicted octanol–water partition coefficient (Wildman–Crippen LogP) is 5.78. The highest BCUT2D eigenvalue weighted by molar-refractivity contribution is 7.98. The summed E-state index contributed by atoms with van der Waals surface area (Å²) in [4.78, 5) is 27.6. The number of rotatable bonds is 13. The Kier molecular flexibility index (Phi) is 10.6. The number of hydrogen-bond acceptors (Lipinski definition) is 5. The summed E-state index contributed by atoms with van der Waals surface area (Å²) in [5.41, 5.74) is 5.66. The van der Waals surface area contributed by atoms with Crippen LogP contribution in [0.3, 0.4) is 0 Å². The number of aliphatic carboxylic acids is 1. The molecule has 39 heavy (non-hydrogen) atoms. The largest absolute Gasteiger partial charge is 0.480 e. The summed E-state index contributed by atoms with van der Waals surface area (Å²) in [5, 5.41) is 12.4. The number of carboxylic acid groups (broad SMARTS) is 1. The third-order valence-electron chi connectivity index (χ3n) is 7.28. The van der Waals surface area contributed by atoms with E-state index in [1.54, 1.807) is 11.8 Å². The Balaban J connectivity index is 1.52. The fraction of sp³-hybridized carbons (Fsp3) is 0.375. The van der Waals surface area contributed by atoms with Crippen LogP contribution in [0.4, 0.5) is 0 Å². The van der Waals surface area contributed by atoms with Gasteiger partial charge in [0.25, 0.3) is 5.91 Å². The van der Waals surface area contributed by atoms with E-state index in [9.17, 15) is 14.7 Å². The standard InChI is InChI=1S/C32H38N2O4S/c1-23-9-6-7-13-27(23)29-19-25(14-15-28(29)31(35)33-30(32(36)37)16-18-39-2)20-34-17-8-12-26(34)22-38-21-24-10-4-3-5-11-24/h3-7,9-11,13-15,19,26,30H,8,12,16-18,20-22H2,1-2H3,(H,33,35)(H,36,37). The number of likely N-dealkylation sites (tertiary alicyclic amines) is 1. The van der Waals surface area contributed by atoms with Crippen LogP contribution in [-0.4, -0.2) is 59.1 Å². The van der Waals surface area contributed by atoms with E-state index in [0.29, 0.717) is 37.0 Å². The summed E-state index contributed by atoms with van der Waals surface area (Å²) in [6, 6.07) is 23.6. The zero-order valence-corrected chi connectivity index (χ0v) is 23.6. The molecule has 0 radical (unpaired) electrons. The van der Waals surface area contributed by atoms with Crippen molar-refractivity contribution in [2.45, 2.75) is 51.4 Å². The van der Waals surface area contributed by atoms with E-state index in [-0.39, 0.29) is 5.91 Å². The summed E-state index contributed by atoms with van der Waals surface area (Å²) in [6.45, 7) is 5.11. The maximum atomic E-state index is 13.4. The van der Waals surface area contributed by atoms with Crippen LogP contribution >= 0.6 is 11.8 Å². The Bertz CT molecular complexity index is 1250. The lowest BCUT2D eigenvalue weighted by atomic mass is 9.93. The van der Waals surface area contributed by atoms with E-state index in [2.05, 4.69) is 28.4 Å². The minimum atomic E-state index is -1.01. The van der Waals surface area contributed by atoms with Crippen molar-refractivity contribution in [2.24, 2.45) is 0 Å². The van der Waals surface area contributed by atoms with Crippen LogP contribution in [0.15, 0.2) is 72.8 Å². The highest BCUT2D eigenvalue weighted by Gasteiger charge is 2.26. The number of hydrogen-bond donors (Lipinski definition) is 2. The zero-order chi connectivity index (χ0) is 27.6. The van der Waals surface area contributed by atoms with Crippen LogP contribution in [0.25, 0.3) is 11.1 Å². The Morgan fingerprint density at radius 1 is 1.05 bits per heavy atom. The van der Waals surface area contributed by atoms with E-state index < -0.39 is 12.0 Å². The second-order valence-electron chi connectivity index (χ2n) is 10.1. The highest BCUT2D eigenvalue weighted by atomic mass is 32.2. The molecule has 3 aromatic rings. The third-order valence-corrected chi connectivity index (χ3v) is 7.93. The van der Waals surface area contributed by atoms with Crippen molar-refractivity contribution in [3.8, 4) is 11.1 Å². The smallest absolute Gasteiger partial charge is 0.326 e. The molecular formula is C32H38N2O4S. The molecule has 2 N–H and O–H groups in total. The van der Waals surface area contributed by atoms with Crippen LogP contribution in [0.2, 0.25) is 0 Å². The number of benzene rings is 3. The molecule has 0 bridgehead atoms. The molecule has 1 aliphatic heterocycles. The van der Waals surface area contributed by atoms with Gasteiger partial charge in [0.2, 0.25) is 0 Å². The highest BCUT2D eigenvalue weighted by Crippen LogP contribution is 2.30. The quantitative estimate of drug-likeness (QED) is 0.283. The number of aryl methyl sites for hydroxylation is 1. The lowest BCUT2D eigenvalue weighted by molar-refractivity contribution is -0.139. The van der Waals surface area contributed by atoms with Gasteiger partial charge in [0, 0.05) is 18.2 Å². The van der Waals surface area contributed by atoms with E-state index in [1.807, 2.05) is 67.8 Å². The number of carbonyl (C=O) groups excluding carboxylic acids is 1. The number of ether oxygens (including phenoxy) is 1. The molecular weight excluding hydrogens is 508 g/mol. The predicted molar refractivity (Wildman–Crippen MR) is 158 cm³/mol. The molecule has 0 aromatic heterocycles. The van der Waals surface area contributed by atoms with E-state index >= 15 is 0 Å². The summed E-state index contributed by atoms with van der Waals surface area (Å²) in [6.07, 6.45) is 4.54. The van der Waals surface area contributed by atoms with Crippen LogP contribution in [0, 0.1) is 6.92 Å². The van der Waals surface area contributed by atoms with E-state index in [1.165, 1.54) is 5.56 Å². The first-order valence-electron chi connectivity index (χ1n) is 13.5. The second-order valence-corrected chi connectivity index (χ2v) is 11.1. The number of nitrogens with zero attached hydrogens (tertiary/aromatic N) is 1. The van der Waals surface area contributed by atoms with E-state index in [0.717, 1.165) is 48.2 Å². The lowest BCUT2D eigenvalue weighted by Gasteiger charge is -2.25. The van der Waals surface area contributed by atoms with Crippen LogP contribution in [0.5, 0.6) is 0 Å². The van der Waals surface area contributed by atoms with Gasteiger partial charge in [-0.25, -0.2) is 4.79 Å². The van der Waals surface area contributed by atoms with Gasteiger partial charge < -0.3 is 15.2 Å². The van der Waals surface area contributed by atoms with Gasteiger partial charge in [0.1, 0.15) is 6.04 Å². The molecule has 1 heterocycles. The summed E-state index contributed by atoms with van der Waals surface area (Å²) < 4.78 is 6.07. The van der Waals surface area contributed by atoms with Crippen LogP contribution < -0.4 is 5.32 Å². The van der Waals surface area contributed by atoms with Crippen LogP contribution in [0.1, 0.15) is 46.3 Å². The minimum Gasteiger partial charge on any atom is -0.480 e. The first kappa shape index (κ1) is 28.9. The number of carboxylic acids is 1. The summed E-state index contributed by atoms with van der Waals surface area (Å²) in [5.74, 6) is -0.713. The molecule has 0 spiro atoms. The summed E-state index contributed by atoms with van der Waals surface area (Å²) >= 11 is 1.56. The van der Waals surface area contributed by atoms with Gasteiger partial charge in [-0.2, -0.15) is 11.8 Å². The topological polar surface area (TPSA) is 78.9 Å². The van der Waals surface area contributed by atoms with Gasteiger partial charge in [0.05, 0.1) is 13.2 Å². The Hall–Kier alpha value is -3.13. The number of carbonyl (C=O) groups is 2. The average molecular weight is 547 g/mol. The number of amides is 1. The molecule has 1 amide bonds. The third kappa shape index (κ3) is 7.94. The van der Waals surface area contributed by atoms with Crippen molar-refractivity contribution < 1.29 is 19.4 Å². The molecule has 1 saturated heterocycles. The van der Waals surface area contributed by atoms with Crippen molar-refractivity contribution in [2.75, 3.05) is 25.2 Å². The Morgan fingerprint density at radius 3 is 2.56 bits per heavy atom. The SMILES string of the molecule is CSCCC(NC(=O)c1ccc(CN2CCCC2COCc2ccccc2)cc1-c1ccccc1C)C(=O)O.